The van der Waals surface area contributed by atoms with Gasteiger partial charge in [0.15, 0.2) is 6.23 Å². The molecule has 2 heterocycles. The molecule has 208 valence electrons. The number of fused-ring (bicyclic) bond motifs is 1. The van der Waals surface area contributed by atoms with Crippen molar-refractivity contribution >= 4 is 34.6 Å². The van der Waals surface area contributed by atoms with Crippen molar-refractivity contribution in [3.8, 4) is 0 Å². The molecule has 2 fully saturated rings. The molecule has 5 rings (SSSR count). The molecule has 1 aromatic heterocycles. The smallest absolute Gasteiger partial charge is 0.415 e. The van der Waals surface area contributed by atoms with Crippen LogP contribution in [0.1, 0.15) is 48.6 Å². The number of ether oxygens (including phenoxy) is 2. The quantitative estimate of drug-likeness (QED) is 0.300. The average molecular weight is 558 g/mol. The van der Waals surface area contributed by atoms with E-state index in [1.165, 1.54) is 18.4 Å². The molecule has 5 atom stereocenters. The average Bonchev–Trinajstić information content (AvgIpc) is 3.70. The summed E-state index contributed by atoms with van der Waals surface area (Å²) in [6.45, 7) is 1.45. The van der Waals surface area contributed by atoms with Crippen LogP contribution in [-0.4, -0.2) is 69.6 Å². The maximum atomic E-state index is 12.0. The molecule has 10 nitrogen and oxygen atoms in total. The topological polar surface area (TPSA) is 142 Å². The van der Waals surface area contributed by atoms with Crippen LogP contribution in [0.15, 0.2) is 48.7 Å². The van der Waals surface area contributed by atoms with Crippen LogP contribution in [0, 0.1) is 0 Å². The zero-order valence-electron chi connectivity index (χ0n) is 21.4. The summed E-state index contributed by atoms with van der Waals surface area (Å²) in [4.78, 5) is 23.5. The van der Waals surface area contributed by atoms with Crippen molar-refractivity contribution in [3.05, 3.63) is 70.4 Å². The fourth-order valence-corrected chi connectivity index (χ4v) is 5.35. The molecule has 1 aliphatic heterocycles. The van der Waals surface area contributed by atoms with Gasteiger partial charge in [0.1, 0.15) is 24.4 Å². The van der Waals surface area contributed by atoms with Crippen LogP contribution < -0.4 is 10.6 Å². The van der Waals surface area contributed by atoms with Gasteiger partial charge in [0, 0.05) is 18.1 Å². The fourth-order valence-electron chi connectivity index (χ4n) is 5.06. The van der Waals surface area contributed by atoms with Gasteiger partial charge in [0.25, 0.3) is 0 Å². The maximum Gasteiger partial charge on any atom is 0.415 e. The Balaban J connectivity index is 1.38. The first-order chi connectivity index (χ1) is 18.8. The third-order valence-electron chi connectivity index (χ3n) is 7.22. The number of urea groups is 1. The summed E-state index contributed by atoms with van der Waals surface area (Å²) in [5, 5.41) is 37.8. The van der Waals surface area contributed by atoms with Crippen LogP contribution in [0.5, 0.6) is 0 Å². The minimum absolute atomic E-state index is 0.0952. The lowest BCUT2D eigenvalue weighted by atomic mass is 9.97. The van der Waals surface area contributed by atoms with Crippen molar-refractivity contribution in [1.29, 1.82) is 0 Å². The van der Waals surface area contributed by atoms with Gasteiger partial charge in [0.05, 0.1) is 17.1 Å². The second-order valence-electron chi connectivity index (χ2n) is 9.98. The second kappa shape index (κ2) is 11.5. The lowest BCUT2D eigenvalue weighted by molar-refractivity contribution is -0.241. The molecular weight excluding hydrogens is 526 g/mol. The highest BCUT2D eigenvalue weighted by Gasteiger charge is 2.45. The number of carbonyl (C=O) groups excluding carboxylic acids is 2. The fraction of sp³-hybridized carbons (Fsp3) is 0.429. The van der Waals surface area contributed by atoms with Crippen molar-refractivity contribution in [2.45, 2.75) is 62.7 Å². The van der Waals surface area contributed by atoms with Gasteiger partial charge in [-0.05, 0) is 60.9 Å². The number of hydrogen-bond donors (Lipinski definition) is 5. The van der Waals surface area contributed by atoms with Crippen LogP contribution in [0.4, 0.5) is 9.59 Å². The molecule has 0 spiro atoms. The molecule has 1 aliphatic carbocycles. The number of benzene rings is 2. The Hall–Kier alpha value is -3.15. The summed E-state index contributed by atoms with van der Waals surface area (Å²) in [5.74, 6) is 0.667. The molecule has 3 aromatic rings. The van der Waals surface area contributed by atoms with E-state index in [1.807, 2.05) is 17.6 Å². The zero-order valence-corrected chi connectivity index (χ0v) is 22.2. The predicted molar refractivity (Wildman–Crippen MR) is 144 cm³/mol. The molecule has 2 aliphatic rings. The summed E-state index contributed by atoms with van der Waals surface area (Å²) in [5.41, 5.74) is 4.05. The van der Waals surface area contributed by atoms with Crippen LogP contribution in [-0.2, 0) is 15.9 Å². The molecule has 39 heavy (non-hydrogen) atoms. The molecular formula is C28H32ClN3O7. The SMILES string of the molecule is CCOC(=O)NC(=O)NC[C@H]1O[C@@H](n2cc(Cc3ccc(C4CC4)cc3)c3c(Cl)cccc32)[C@H](O)[C@@H](O)[C@@H]1O. The van der Waals surface area contributed by atoms with Crippen molar-refractivity contribution in [3.63, 3.8) is 0 Å². The van der Waals surface area contributed by atoms with Crippen LogP contribution in [0.25, 0.3) is 10.9 Å². The lowest BCUT2D eigenvalue weighted by Crippen LogP contribution is -2.58. The van der Waals surface area contributed by atoms with E-state index in [0.717, 1.165) is 16.5 Å². The summed E-state index contributed by atoms with van der Waals surface area (Å²) in [7, 11) is 0. The summed E-state index contributed by atoms with van der Waals surface area (Å²) in [6, 6.07) is 13.1. The Labute approximate surface area is 230 Å². The van der Waals surface area contributed by atoms with E-state index in [2.05, 4.69) is 34.3 Å². The van der Waals surface area contributed by atoms with Crippen LogP contribution in [0.2, 0.25) is 5.02 Å². The van der Waals surface area contributed by atoms with Crippen LogP contribution in [0.3, 0.4) is 0 Å². The van der Waals surface area contributed by atoms with E-state index in [1.54, 1.807) is 23.6 Å². The first-order valence-corrected chi connectivity index (χ1v) is 13.4. The monoisotopic (exact) mass is 557 g/mol. The van der Waals surface area contributed by atoms with Gasteiger partial charge in [-0.2, -0.15) is 0 Å². The van der Waals surface area contributed by atoms with Crippen molar-refractivity contribution in [2.75, 3.05) is 13.2 Å². The number of aromatic nitrogens is 1. The Morgan fingerprint density at radius 3 is 2.51 bits per heavy atom. The maximum absolute atomic E-state index is 12.0. The van der Waals surface area contributed by atoms with Crippen molar-refractivity contribution in [1.82, 2.24) is 15.2 Å². The molecule has 0 unspecified atom stereocenters. The number of amides is 3. The van der Waals surface area contributed by atoms with Gasteiger partial charge in [-0.15, -0.1) is 0 Å². The molecule has 2 aromatic carbocycles. The molecule has 0 radical (unpaired) electrons. The number of nitrogens with one attached hydrogen (secondary N) is 2. The number of aliphatic hydroxyl groups excluding tert-OH is 3. The van der Waals surface area contributed by atoms with Crippen LogP contribution >= 0.6 is 11.6 Å². The first kappa shape index (κ1) is 27.4. The highest BCUT2D eigenvalue weighted by molar-refractivity contribution is 6.35. The van der Waals surface area contributed by atoms with E-state index < -0.39 is 42.8 Å². The highest BCUT2D eigenvalue weighted by atomic mass is 35.5. The van der Waals surface area contributed by atoms with Gasteiger partial charge in [-0.25, -0.2) is 14.9 Å². The number of alkyl carbamates (subject to hydrolysis) is 1. The van der Waals surface area contributed by atoms with Gasteiger partial charge < -0.3 is 34.7 Å². The molecule has 0 bridgehead atoms. The third kappa shape index (κ3) is 5.90. The minimum atomic E-state index is -1.56. The summed E-state index contributed by atoms with van der Waals surface area (Å²) >= 11 is 6.62. The molecule has 1 saturated heterocycles. The normalized spacial score (nSPS) is 24.9. The Kier molecular flexibility index (Phi) is 8.11. The van der Waals surface area contributed by atoms with E-state index in [0.29, 0.717) is 22.9 Å². The minimum Gasteiger partial charge on any atom is -0.450 e. The largest absolute Gasteiger partial charge is 0.450 e. The van der Waals surface area contributed by atoms with Gasteiger partial charge in [0.2, 0.25) is 0 Å². The number of halogens is 1. The molecule has 5 N–H and O–H groups in total. The predicted octanol–water partition coefficient (Wildman–Crippen LogP) is 3.20. The third-order valence-corrected chi connectivity index (χ3v) is 7.54. The summed E-state index contributed by atoms with van der Waals surface area (Å²) < 4.78 is 12.4. The molecule has 1 saturated carbocycles. The van der Waals surface area contributed by atoms with Crippen molar-refractivity contribution < 1.29 is 34.4 Å². The Bertz CT molecular complexity index is 1340. The Morgan fingerprint density at radius 1 is 1.08 bits per heavy atom. The number of nitrogens with zero attached hydrogens (tertiary/aromatic N) is 1. The first-order valence-electron chi connectivity index (χ1n) is 13.0. The molecule has 11 heteroatoms. The number of rotatable bonds is 7. The summed E-state index contributed by atoms with van der Waals surface area (Å²) in [6.07, 6.45) is -2.71. The second-order valence-corrected chi connectivity index (χ2v) is 10.4. The van der Waals surface area contributed by atoms with E-state index in [9.17, 15) is 24.9 Å². The van der Waals surface area contributed by atoms with Gasteiger partial charge >= 0.3 is 12.1 Å². The lowest BCUT2D eigenvalue weighted by Gasteiger charge is -2.41. The number of aliphatic hydroxyl groups is 3. The standard InChI is InChI=1S/C28H32ClN3O7/c1-2-38-28(37)31-27(36)30-13-21-23(33)24(34)25(35)26(39-21)32-14-18(22-19(29)4-3-5-20(22)32)12-15-6-8-16(9-7-15)17-10-11-17/h3-9,14,17,21,23-26,33-35H,2,10-13H2,1H3,(H2,30,31,36,37)/t21-,23-,24+,25-,26-/m1/s1. The molecule has 3 amide bonds. The van der Waals surface area contributed by atoms with E-state index in [-0.39, 0.29) is 13.2 Å². The zero-order chi connectivity index (χ0) is 27.7. The van der Waals surface area contributed by atoms with Gasteiger partial charge in [-0.3, -0.25) is 0 Å². The van der Waals surface area contributed by atoms with Crippen molar-refractivity contribution in [2.24, 2.45) is 0 Å². The Morgan fingerprint density at radius 2 is 1.82 bits per heavy atom. The number of carbonyl (C=O) groups is 2. The van der Waals surface area contributed by atoms with Gasteiger partial charge in [-0.1, -0.05) is 41.9 Å². The number of imide groups is 1. The van der Waals surface area contributed by atoms with E-state index in [4.69, 9.17) is 16.3 Å². The highest BCUT2D eigenvalue weighted by Crippen LogP contribution is 2.40. The number of hydrogen-bond acceptors (Lipinski definition) is 7. The van der Waals surface area contributed by atoms with E-state index >= 15 is 0 Å².